The van der Waals surface area contributed by atoms with E-state index in [2.05, 4.69) is 14.8 Å². The molecule has 2 aromatic rings. The van der Waals surface area contributed by atoms with Crippen LogP contribution in [0.4, 0.5) is 13.2 Å². The van der Waals surface area contributed by atoms with E-state index in [0.717, 1.165) is 41.7 Å². The summed E-state index contributed by atoms with van der Waals surface area (Å²) in [5, 5.41) is 3.89. The van der Waals surface area contributed by atoms with Crippen LogP contribution in [-0.4, -0.2) is 41.4 Å². The van der Waals surface area contributed by atoms with Gasteiger partial charge in [0.25, 0.3) is 0 Å². The summed E-state index contributed by atoms with van der Waals surface area (Å²) in [7, 11) is -3.92. The number of rotatable bonds is 6. The molecule has 0 radical (unpaired) electrons. The Bertz CT molecular complexity index is 1090. The van der Waals surface area contributed by atoms with Gasteiger partial charge in [0.1, 0.15) is 6.33 Å². The number of sulfone groups is 1. The molecule has 30 heavy (non-hydrogen) atoms. The maximum absolute atomic E-state index is 13.1. The van der Waals surface area contributed by atoms with Crippen LogP contribution in [0.15, 0.2) is 35.5 Å². The van der Waals surface area contributed by atoms with Gasteiger partial charge in [-0.2, -0.15) is 13.2 Å². The molecular formula is C18H18F3N3O5S. The second-order valence-electron chi connectivity index (χ2n) is 6.77. The molecule has 162 valence electrons. The quantitative estimate of drug-likeness (QED) is 0.382. The first-order valence-corrected chi connectivity index (χ1v) is 10.4. The molecule has 0 saturated carbocycles. The minimum Gasteiger partial charge on any atom is -0.390 e. The summed E-state index contributed by atoms with van der Waals surface area (Å²) in [5.74, 6) is -1.83. The molecule has 0 fully saturated rings. The summed E-state index contributed by atoms with van der Waals surface area (Å²) < 4.78 is 68.4. The fourth-order valence-electron chi connectivity index (χ4n) is 2.24. The highest BCUT2D eigenvalue weighted by molar-refractivity contribution is 7.90. The summed E-state index contributed by atoms with van der Waals surface area (Å²) >= 11 is 0. The topological polar surface area (TPSA) is 108 Å². The molecule has 1 aromatic carbocycles. The molecule has 0 bridgehead atoms. The first kappa shape index (κ1) is 23.3. The van der Waals surface area contributed by atoms with Gasteiger partial charge in [0.05, 0.1) is 10.5 Å². The number of halogens is 3. The third kappa shape index (κ3) is 6.51. The minimum absolute atomic E-state index is 0.0106. The number of ether oxygens (including phenoxy) is 1. The molecule has 8 nitrogen and oxygen atoms in total. The monoisotopic (exact) mass is 445 g/mol. The van der Waals surface area contributed by atoms with E-state index in [1.165, 1.54) is 0 Å². The number of aromatic nitrogens is 3. The second kappa shape index (κ2) is 8.78. The fourth-order valence-corrected chi connectivity index (χ4v) is 2.93. The van der Waals surface area contributed by atoms with Crippen molar-refractivity contribution < 1.29 is 35.9 Å². The number of nitrogens with zero attached hydrogens (tertiary/aromatic N) is 3. The van der Waals surface area contributed by atoms with Gasteiger partial charge in [-0.25, -0.2) is 22.9 Å². The van der Waals surface area contributed by atoms with Crippen LogP contribution in [-0.2, 0) is 30.3 Å². The predicted molar refractivity (Wildman–Crippen MR) is 99.5 cm³/mol. The van der Waals surface area contributed by atoms with Gasteiger partial charge < -0.3 is 4.74 Å². The van der Waals surface area contributed by atoms with Crippen LogP contribution in [0.25, 0.3) is 17.6 Å². The van der Waals surface area contributed by atoms with Gasteiger partial charge in [-0.15, -0.1) is 5.10 Å². The van der Waals surface area contributed by atoms with E-state index in [1.54, 1.807) is 13.8 Å². The van der Waals surface area contributed by atoms with Crippen LogP contribution in [0, 0.1) is 5.92 Å². The Hall–Kier alpha value is -3.02. The van der Waals surface area contributed by atoms with Crippen LogP contribution in [0.5, 0.6) is 0 Å². The predicted octanol–water partition coefficient (Wildman–Crippen LogP) is 2.95. The Morgan fingerprint density at radius 1 is 1.23 bits per heavy atom. The number of alkyl halides is 3. The minimum atomic E-state index is -4.77. The lowest BCUT2D eigenvalue weighted by Gasteiger charge is -2.10. The van der Waals surface area contributed by atoms with Gasteiger partial charge in [0, 0.05) is 30.5 Å². The van der Waals surface area contributed by atoms with Crippen molar-refractivity contribution in [3.05, 3.63) is 36.2 Å². The van der Waals surface area contributed by atoms with E-state index < -0.39 is 38.4 Å². The standard InChI is InChI=1S/C18H18F3N3O5S/c1-11(2)6-16(26)29-15(25)4-5-24-10-22-17(23-24)12-7-13(18(19,20)21)9-14(8-12)30(3,27)28/h4-5,7-11H,6H2,1-3H3/b5-4-. The number of carbonyl (C=O) groups excluding carboxylic acids is 2. The van der Waals surface area contributed by atoms with Gasteiger partial charge in [0.2, 0.25) is 0 Å². The molecule has 0 aliphatic heterocycles. The lowest BCUT2D eigenvalue weighted by atomic mass is 10.1. The molecule has 0 unspecified atom stereocenters. The van der Waals surface area contributed by atoms with E-state index in [0.29, 0.717) is 6.07 Å². The molecule has 0 saturated heterocycles. The average Bonchev–Trinajstić information content (AvgIpc) is 3.06. The van der Waals surface area contributed by atoms with E-state index in [-0.39, 0.29) is 23.7 Å². The van der Waals surface area contributed by atoms with Gasteiger partial charge >= 0.3 is 18.1 Å². The van der Waals surface area contributed by atoms with Crippen molar-refractivity contribution in [1.82, 2.24) is 14.8 Å². The molecule has 1 heterocycles. The number of hydrogen-bond acceptors (Lipinski definition) is 7. The number of hydrogen-bond donors (Lipinski definition) is 0. The Balaban J connectivity index is 2.27. The summed E-state index contributed by atoms with van der Waals surface area (Å²) in [6.45, 7) is 3.56. The van der Waals surface area contributed by atoms with Crippen LogP contribution < -0.4 is 0 Å². The zero-order chi connectivity index (χ0) is 22.7. The first-order valence-electron chi connectivity index (χ1n) is 8.52. The summed E-state index contributed by atoms with van der Waals surface area (Å²) in [5.41, 5.74) is -1.34. The number of benzene rings is 1. The Morgan fingerprint density at radius 2 is 1.90 bits per heavy atom. The smallest absolute Gasteiger partial charge is 0.390 e. The molecule has 0 atom stereocenters. The van der Waals surface area contributed by atoms with Crippen LogP contribution in [0.2, 0.25) is 0 Å². The molecule has 0 spiro atoms. The van der Waals surface area contributed by atoms with Crippen molar-refractivity contribution in [2.24, 2.45) is 5.92 Å². The van der Waals surface area contributed by atoms with Crippen LogP contribution in [0.3, 0.4) is 0 Å². The summed E-state index contributed by atoms with van der Waals surface area (Å²) in [6.07, 6.45) is -0.852. The second-order valence-corrected chi connectivity index (χ2v) is 8.79. The zero-order valence-corrected chi connectivity index (χ0v) is 17.0. The summed E-state index contributed by atoms with van der Waals surface area (Å²) in [6, 6.07) is 2.27. The Morgan fingerprint density at radius 3 is 2.47 bits per heavy atom. The highest BCUT2D eigenvalue weighted by atomic mass is 32.2. The van der Waals surface area contributed by atoms with Gasteiger partial charge in [-0.3, -0.25) is 4.79 Å². The highest BCUT2D eigenvalue weighted by Gasteiger charge is 2.32. The molecule has 12 heteroatoms. The van der Waals surface area contributed by atoms with Crippen molar-refractivity contribution in [2.75, 3.05) is 6.26 Å². The highest BCUT2D eigenvalue weighted by Crippen LogP contribution is 2.33. The lowest BCUT2D eigenvalue weighted by Crippen LogP contribution is -2.12. The van der Waals surface area contributed by atoms with Crippen LogP contribution in [0.1, 0.15) is 25.8 Å². The largest absolute Gasteiger partial charge is 0.416 e. The number of esters is 2. The molecule has 0 amide bonds. The van der Waals surface area contributed by atoms with E-state index >= 15 is 0 Å². The van der Waals surface area contributed by atoms with Crippen molar-refractivity contribution >= 4 is 28.0 Å². The Kier molecular flexibility index (Phi) is 6.80. The summed E-state index contributed by atoms with van der Waals surface area (Å²) in [4.78, 5) is 26.3. The van der Waals surface area contributed by atoms with Crippen molar-refractivity contribution in [1.29, 1.82) is 0 Å². The van der Waals surface area contributed by atoms with Gasteiger partial charge in [-0.05, 0) is 24.1 Å². The molecular weight excluding hydrogens is 427 g/mol. The molecule has 0 N–H and O–H groups in total. The average molecular weight is 445 g/mol. The molecule has 0 aliphatic rings. The third-order valence-corrected chi connectivity index (χ3v) is 4.67. The molecule has 1 aromatic heterocycles. The maximum atomic E-state index is 13.1. The van der Waals surface area contributed by atoms with E-state index in [1.807, 2.05) is 0 Å². The van der Waals surface area contributed by atoms with E-state index in [4.69, 9.17) is 0 Å². The lowest BCUT2D eigenvalue weighted by molar-refractivity contribution is -0.156. The third-order valence-electron chi connectivity index (χ3n) is 3.58. The fraction of sp³-hybridized carbons (Fsp3) is 0.333. The van der Waals surface area contributed by atoms with Crippen LogP contribution >= 0.6 is 0 Å². The molecule has 0 aliphatic carbocycles. The number of carbonyl (C=O) groups is 2. The SMILES string of the molecule is CC(C)CC(=O)OC(=O)/C=C\n1cnc(-c2cc(C(F)(F)F)cc(S(C)(=O)=O)c2)n1. The Labute approximate surface area is 170 Å². The van der Waals surface area contributed by atoms with Gasteiger partial charge in [-0.1, -0.05) is 13.8 Å². The van der Waals surface area contributed by atoms with Gasteiger partial charge in [0.15, 0.2) is 15.7 Å². The maximum Gasteiger partial charge on any atom is 0.416 e. The zero-order valence-electron chi connectivity index (χ0n) is 16.2. The van der Waals surface area contributed by atoms with Crippen molar-refractivity contribution in [2.45, 2.75) is 31.3 Å². The first-order chi connectivity index (χ1) is 13.8. The normalized spacial score (nSPS) is 12.5. The molecule has 2 rings (SSSR count). The van der Waals surface area contributed by atoms with Crippen molar-refractivity contribution in [3.8, 4) is 11.4 Å². The van der Waals surface area contributed by atoms with E-state index in [9.17, 15) is 31.2 Å². The van der Waals surface area contributed by atoms with Crippen molar-refractivity contribution in [3.63, 3.8) is 0 Å².